The first-order valence-corrected chi connectivity index (χ1v) is 8.15. The van der Waals surface area contributed by atoms with Crippen molar-refractivity contribution in [1.29, 1.82) is 0 Å². The lowest BCUT2D eigenvalue weighted by molar-refractivity contribution is 0.00300. The highest BCUT2D eigenvalue weighted by Gasteiger charge is 2.45. The van der Waals surface area contributed by atoms with Crippen LogP contribution >= 0.6 is 0 Å². The third-order valence-electron chi connectivity index (χ3n) is 5.05. The molecule has 1 spiro atoms. The molecule has 2 heteroatoms. The molecule has 1 saturated carbocycles. The second-order valence-electron chi connectivity index (χ2n) is 6.39. The fourth-order valence-corrected chi connectivity index (χ4v) is 4.09. The van der Waals surface area contributed by atoms with Crippen molar-refractivity contribution in [1.82, 2.24) is 5.32 Å². The van der Waals surface area contributed by atoms with E-state index in [0.717, 1.165) is 38.5 Å². The van der Waals surface area contributed by atoms with Crippen molar-refractivity contribution in [3.8, 4) is 12.3 Å². The number of aliphatic hydroxyl groups is 1. The summed E-state index contributed by atoms with van der Waals surface area (Å²) >= 11 is 0. The lowest BCUT2D eigenvalue weighted by Gasteiger charge is -2.51. The summed E-state index contributed by atoms with van der Waals surface area (Å²) < 4.78 is 0. The number of piperidine rings is 1. The number of aliphatic hydroxyl groups excluding tert-OH is 1. The topological polar surface area (TPSA) is 32.3 Å². The van der Waals surface area contributed by atoms with Gasteiger partial charge >= 0.3 is 0 Å². The monoisotopic (exact) mass is 285 g/mol. The predicted octanol–water partition coefficient (Wildman–Crippen LogP) is 3.34. The van der Waals surface area contributed by atoms with E-state index in [2.05, 4.69) is 23.5 Å². The first-order chi connectivity index (χ1) is 10.2. The Labute approximate surface area is 129 Å². The molecule has 21 heavy (non-hydrogen) atoms. The van der Waals surface area contributed by atoms with Crippen molar-refractivity contribution in [2.24, 2.45) is 5.92 Å². The summed E-state index contributed by atoms with van der Waals surface area (Å²) in [7, 11) is 0. The molecule has 0 amide bonds. The van der Waals surface area contributed by atoms with Gasteiger partial charge < -0.3 is 10.4 Å². The van der Waals surface area contributed by atoms with Gasteiger partial charge in [-0.05, 0) is 57.1 Å². The average molecular weight is 285 g/mol. The maximum atomic E-state index is 10.4. The van der Waals surface area contributed by atoms with Crippen LogP contribution in [0.25, 0.3) is 0 Å². The van der Waals surface area contributed by atoms with Crippen LogP contribution in [-0.4, -0.2) is 22.8 Å². The van der Waals surface area contributed by atoms with Crippen LogP contribution in [0, 0.1) is 18.3 Å². The molecule has 2 fully saturated rings. The van der Waals surface area contributed by atoms with Crippen LogP contribution in [0.1, 0.15) is 51.4 Å². The minimum Gasteiger partial charge on any atom is -0.392 e. The van der Waals surface area contributed by atoms with Crippen LogP contribution in [0.5, 0.6) is 0 Å². The number of allylic oxidation sites excluding steroid dienone is 2. The van der Waals surface area contributed by atoms with Crippen molar-refractivity contribution >= 4 is 0 Å². The molecule has 2 aliphatic rings. The highest BCUT2D eigenvalue weighted by Crippen LogP contribution is 2.41. The SMILES string of the molecule is C#C/C=C/C1C(O)CCCC12CCCC(CCC=C=C)N2. The Balaban J connectivity index is 2.10. The summed E-state index contributed by atoms with van der Waals surface area (Å²) in [5, 5.41) is 14.3. The highest BCUT2D eigenvalue weighted by molar-refractivity contribution is 5.17. The average Bonchev–Trinajstić information content (AvgIpc) is 2.47. The van der Waals surface area contributed by atoms with Crippen LogP contribution in [-0.2, 0) is 0 Å². The van der Waals surface area contributed by atoms with Gasteiger partial charge in [0.25, 0.3) is 0 Å². The molecule has 0 aromatic rings. The maximum Gasteiger partial charge on any atom is 0.0620 e. The van der Waals surface area contributed by atoms with E-state index < -0.39 is 0 Å². The summed E-state index contributed by atoms with van der Waals surface area (Å²) in [5.41, 5.74) is 2.88. The van der Waals surface area contributed by atoms with E-state index in [1.807, 2.05) is 12.2 Å². The maximum absolute atomic E-state index is 10.4. The second kappa shape index (κ2) is 7.66. The Morgan fingerprint density at radius 1 is 1.33 bits per heavy atom. The van der Waals surface area contributed by atoms with Gasteiger partial charge in [-0.3, -0.25) is 0 Å². The third-order valence-corrected chi connectivity index (χ3v) is 5.05. The fraction of sp³-hybridized carbons (Fsp3) is 0.632. The number of rotatable bonds is 4. The lowest BCUT2D eigenvalue weighted by Crippen LogP contribution is -2.61. The first-order valence-electron chi connectivity index (χ1n) is 8.15. The van der Waals surface area contributed by atoms with E-state index in [4.69, 9.17) is 6.42 Å². The van der Waals surface area contributed by atoms with E-state index in [-0.39, 0.29) is 17.6 Å². The van der Waals surface area contributed by atoms with Gasteiger partial charge in [0, 0.05) is 17.5 Å². The molecular weight excluding hydrogens is 258 g/mol. The number of hydrogen-bond acceptors (Lipinski definition) is 2. The molecule has 1 saturated heterocycles. The normalized spacial score (nSPS) is 36.3. The summed E-state index contributed by atoms with van der Waals surface area (Å²) in [6.07, 6.45) is 19.7. The molecule has 1 aliphatic carbocycles. The number of nitrogens with one attached hydrogen (secondary N) is 1. The quantitative estimate of drug-likeness (QED) is 0.613. The molecule has 114 valence electrons. The van der Waals surface area contributed by atoms with Gasteiger partial charge in [-0.1, -0.05) is 25.0 Å². The van der Waals surface area contributed by atoms with Gasteiger partial charge in [0.05, 0.1) is 6.10 Å². The molecule has 2 nitrogen and oxygen atoms in total. The second-order valence-corrected chi connectivity index (χ2v) is 6.39. The van der Waals surface area contributed by atoms with Gasteiger partial charge in [0.15, 0.2) is 0 Å². The molecule has 1 aliphatic heterocycles. The van der Waals surface area contributed by atoms with Gasteiger partial charge in [-0.2, -0.15) is 0 Å². The zero-order valence-corrected chi connectivity index (χ0v) is 12.9. The highest BCUT2D eigenvalue weighted by atomic mass is 16.3. The van der Waals surface area contributed by atoms with Crippen molar-refractivity contribution in [2.75, 3.05) is 0 Å². The molecule has 0 radical (unpaired) electrons. The Morgan fingerprint density at radius 2 is 2.10 bits per heavy atom. The zero-order valence-electron chi connectivity index (χ0n) is 12.9. The van der Waals surface area contributed by atoms with Crippen molar-refractivity contribution in [3.63, 3.8) is 0 Å². The van der Waals surface area contributed by atoms with Crippen molar-refractivity contribution in [3.05, 3.63) is 30.5 Å². The largest absolute Gasteiger partial charge is 0.392 e. The molecule has 0 bridgehead atoms. The molecule has 2 rings (SSSR count). The Bertz CT molecular complexity index is 451. The van der Waals surface area contributed by atoms with Gasteiger partial charge in [-0.25, -0.2) is 0 Å². The zero-order chi connectivity index (χ0) is 15.1. The molecule has 0 aromatic heterocycles. The van der Waals surface area contributed by atoms with Gasteiger partial charge in [0.2, 0.25) is 0 Å². The number of hydrogen-bond donors (Lipinski definition) is 2. The standard InChI is InChI=1S/C19H27NO/c1-3-5-7-10-16-11-8-14-19(20-16)15-9-13-18(21)17(19)12-6-4-2/h2,5-6,12,16-18,20-21H,1,7-11,13-15H2/b12-6+. The van der Waals surface area contributed by atoms with Crippen LogP contribution in [0.2, 0.25) is 0 Å². The van der Waals surface area contributed by atoms with Crippen LogP contribution in [0.3, 0.4) is 0 Å². The van der Waals surface area contributed by atoms with Crippen molar-refractivity contribution in [2.45, 2.75) is 69.1 Å². The predicted molar refractivity (Wildman–Crippen MR) is 87.8 cm³/mol. The Hall–Kier alpha value is -1.26. The third kappa shape index (κ3) is 3.89. The fourth-order valence-electron chi connectivity index (χ4n) is 4.09. The summed E-state index contributed by atoms with van der Waals surface area (Å²) in [6, 6.07) is 0.524. The number of terminal acetylenes is 1. The Morgan fingerprint density at radius 3 is 2.81 bits per heavy atom. The molecular formula is C19H27NO. The molecule has 0 aromatic carbocycles. The van der Waals surface area contributed by atoms with Crippen LogP contribution in [0.15, 0.2) is 30.5 Å². The summed E-state index contributed by atoms with van der Waals surface area (Å²) in [5.74, 6) is 2.71. The lowest BCUT2D eigenvalue weighted by atomic mass is 9.66. The molecule has 2 N–H and O–H groups in total. The van der Waals surface area contributed by atoms with E-state index in [9.17, 15) is 5.11 Å². The first kappa shape index (κ1) is 16.1. The summed E-state index contributed by atoms with van der Waals surface area (Å²) in [6.45, 7) is 3.62. The van der Waals surface area contributed by atoms with Crippen LogP contribution in [0.4, 0.5) is 0 Å². The molecule has 4 atom stereocenters. The smallest absolute Gasteiger partial charge is 0.0620 e. The Kier molecular flexibility index (Phi) is 5.88. The van der Waals surface area contributed by atoms with E-state index >= 15 is 0 Å². The van der Waals surface area contributed by atoms with Crippen LogP contribution < -0.4 is 5.32 Å². The summed E-state index contributed by atoms with van der Waals surface area (Å²) in [4.78, 5) is 0. The van der Waals surface area contributed by atoms with E-state index in [1.54, 1.807) is 6.08 Å². The van der Waals surface area contributed by atoms with E-state index in [0.29, 0.717) is 6.04 Å². The van der Waals surface area contributed by atoms with Gasteiger partial charge in [-0.15, -0.1) is 12.2 Å². The van der Waals surface area contributed by atoms with Crippen molar-refractivity contribution < 1.29 is 5.11 Å². The molecule has 4 unspecified atom stereocenters. The van der Waals surface area contributed by atoms with E-state index in [1.165, 1.54) is 12.8 Å². The minimum absolute atomic E-state index is 0.0336. The molecule has 1 heterocycles. The van der Waals surface area contributed by atoms with Gasteiger partial charge in [0.1, 0.15) is 0 Å². The minimum atomic E-state index is -0.275.